The molecule has 0 bridgehead atoms. The maximum absolute atomic E-state index is 12.1. The Morgan fingerprint density at radius 1 is 1.21 bits per heavy atom. The third-order valence-electron chi connectivity index (χ3n) is 5.29. The fourth-order valence-corrected chi connectivity index (χ4v) is 3.44. The number of aryl methyl sites for hydroxylation is 1. The minimum absolute atomic E-state index is 0.0265. The molecule has 2 aromatic carbocycles. The lowest BCUT2D eigenvalue weighted by Gasteiger charge is -2.33. The van der Waals surface area contributed by atoms with E-state index in [-0.39, 0.29) is 12.3 Å². The number of carbonyl (C=O) groups excluding carboxylic acids is 1. The van der Waals surface area contributed by atoms with Crippen LogP contribution in [0.15, 0.2) is 42.5 Å². The van der Waals surface area contributed by atoms with Gasteiger partial charge in [0, 0.05) is 49.2 Å². The number of anilines is 2. The van der Waals surface area contributed by atoms with Crippen molar-refractivity contribution in [3.63, 3.8) is 0 Å². The van der Waals surface area contributed by atoms with E-state index >= 15 is 0 Å². The number of rotatable bonds is 6. The fraction of sp³-hybridized carbons (Fsp3) is 0.381. The predicted octanol–water partition coefficient (Wildman–Crippen LogP) is 3.43. The van der Waals surface area contributed by atoms with Crippen LogP contribution in [-0.4, -0.2) is 35.8 Å². The third-order valence-corrected chi connectivity index (χ3v) is 5.29. The van der Waals surface area contributed by atoms with Gasteiger partial charge in [0.05, 0.1) is 4.92 Å². The highest BCUT2D eigenvalue weighted by molar-refractivity contribution is 5.89. The van der Waals surface area contributed by atoms with Crippen LogP contribution in [-0.2, 0) is 6.54 Å². The standard InChI is InChI=1S/C21H26N4O4/c1-15-2-5-18(12-20(15)25(28)29)23-21(27)22-13-16-3-6-19(7-4-16)24-10-8-17(14-26)9-11-24/h2-7,12,17,26H,8-11,13-14H2,1H3,(H2,22,23,27). The Morgan fingerprint density at radius 3 is 2.52 bits per heavy atom. The number of piperidine rings is 1. The Labute approximate surface area is 169 Å². The number of aliphatic hydroxyl groups is 1. The van der Waals surface area contributed by atoms with Crippen LogP contribution >= 0.6 is 0 Å². The highest BCUT2D eigenvalue weighted by Gasteiger charge is 2.18. The zero-order valence-electron chi connectivity index (χ0n) is 16.4. The fourth-order valence-electron chi connectivity index (χ4n) is 3.44. The van der Waals surface area contributed by atoms with Gasteiger partial charge in [0.15, 0.2) is 0 Å². The highest BCUT2D eigenvalue weighted by atomic mass is 16.6. The molecule has 0 aromatic heterocycles. The lowest BCUT2D eigenvalue weighted by atomic mass is 9.97. The molecule has 3 rings (SSSR count). The van der Waals surface area contributed by atoms with E-state index < -0.39 is 11.0 Å². The van der Waals surface area contributed by atoms with Crippen LogP contribution in [0, 0.1) is 23.0 Å². The molecule has 0 unspecified atom stereocenters. The molecular weight excluding hydrogens is 372 g/mol. The zero-order chi connectivity index (χ0) is 20.8. The molecule has 1 saturated heterocycles. The summed E-state index contributed by atoms with van der Waals surface area (Å²) in [7, 11) is 0. The number of urea groups is 1. The second kappa shape index (κ2) is 9.38. The van der Waals surface area contributed by atoms with Crippen molar-refractivity contribution in [3.8, 4) is 0 Å². The van der Waals surface area contributed by atoms with Gasteiger partial charge in [-0.05, 0) is 49.4 Å². The minimum atomic E-state index is -0.466. The molecule has 8 heteroatoms. The normalized spacial score (nSPS) is 14.5. The van der Waals surface area contributed by atoms with E-state index in [9.17, 15) is 20.0 Å². The minimum Gasteiger partial charge on any atom is -0.396 e. The van der Waals surface area contributed by atoms with E-state index in [1.807, 2.05) is 24.3 Å². The van der Waals surface area contributed by atoms with Gasteiger partial charge < -0.3 is 20.6 Å². The molecule has 1 fully saturated rings. The van der Waals surface area contributed by atoms with E-state index in [1.165, 1.54) is 6.07 Å². The molecular formula is C21H26N4O4. The van der Waals surface area contributed by atoms with Crippen LogP contribution in [0.25, 0.3) is 0 Å². The Morgan fingerprint density at radius 2 is 1.90 bits per heavy atom. The SMILES string of the molecule is Cc1ccc(NC(=O)NCc2ccc(N3CCC(CO)CC3)cc2)cc1[N+](=O)[O-]. The number of hydrogen-bond acceptors (Lipinski definition) is 5. The van der Waals surface area contributed by atoms with Crippen LogP contribution in [0.5, 0.6) is 0 Å². The van der Waals surface area contributed by atoms with Crippen LogP contribution < -0.4 is 15.5 Å². The van der Waals surface area contributed by atoms with Gasteiger partial charge in [-0.3, -0.25) is 10.1 Å². The molecule has 0 aliphatic carbocycles. The molecule has 0 saturated carbocycles. The van der Waals surface area contributed by atoms with Gasteiger partial charge in [0.2, 0.25) is 0 Å². The van der Waals surface area contributed by atoms with Crippen LogP contribution in [0.2, 0.25) is 0 Å². The van der Waals surface area contributed by atoms with Crippen molar-refractivity contribution in [3.05, 3.63) is 63.7 Å². The number of carbonyl (C=O) groups is 1. The summed E-state index contributed by atoms with van der Waals surface area (Å²) in [6, 6.07) is 12.2. The van der Waals surface area contributed by atoms with Gasteiger partial charge in [0.1, 0.15) is 0 Å². The third kappa shape index (κ3) is 5.45. The summed E-state index contributed by atoms with van der Waals surface area (Å²) in [6.07, 6.45) is 1.99. The van der Waals surface area contributed by atoms with E-state index in [0.29, 0.717) is 23.7 Å². The second-order valence-electron chi connectivity index (χ2n) is 7.35. The molecule has 154 valence electrons. The average Bonchev–Trinajstić information content (AvgIpc) is 2.74. The molecule has 1 aliphatic rings. The van der Waals surface area contributed by atoms with E-state index in [0.717, 1.165) is 37.2 Å². The maximum atomic E-state index is 12.1. The summed E-state index contributed by atoms with van der Waals surface area (Å²) in [5.41, 5.74) is 3.00. The Balaban J connectivity index is 1.50. The number of hydrogen-bond donors (Lipinski definition) is 3. The van der Waals surface area contributed by atoms with Crippen molar-refractivity contribution < 1.29 is 14.8 Å². The van der Waals surface area contributed by atoms with E-state index in [1.54, 1.807) is 19.1 Å². The number of nitro groups is 1. The van der Waals surface area contributed by atoms with Crippen molar-refractivity contribution >= 4 is 23.1 Å². The zero-order valence-corrected chi connectivity index (χ0v) is 16.4. The first-order chi connectivity index (χ1) is 14.0. The molecule has 3 N–H and O–H groups in total. The van der Waals surface area contributed by atoms with Gasteiger partial charge in [-0.15, -0.1) is 0 Å². The highest BCUT2D eigenvalue weighted by Crippen LogP contribution is 2.24. The van der Waals surface area contributed by atoms with Gasteiger partial charge in [-0.1, -0.05) is 18.2 Å². The van der Waals surface area contributed by atoms with Gasteiger partial charge >= 0.3 is 6.03 Å². The Bertz CT molecular complexity index is 861. The summed E-state index contributed by atoms with van der Waals surface area (Å²) >= 11 is 0. The molecule has 8 nitrogen and oxygen atoms in total. The Hall–Kier alpha value is -3.13. The quantitative estimate of drug-likeness (QED) is 0.510. The molecule has 2 amide bonds. The van der Waals surface area contributed by atoms with Gasteiger partial charge in [-0.25, -0.2) is 4.79 Å². The molecule has 2 aromatic rings. The van der Waals surface area contributed by atoms with Crippen molar-refractivity contribution in [1.29, 1.82) is 0 Å². The summed E-state index contributed by atoms with van der Waals surface area (Å²) in [4.78, 5) is 25.0. The van der Waals surface area contributed by atoms with Crippen molar-refractivity contribution in [1.82, 2.24) is 5.32 Å². The van der Waals surface area contributed by atoms with E-state index in [4.69, 9.17) is 0 Å². The molecule has 1 heterocycles. The largest absolute Gasteiger partial charge is 0.396 e. The predicted molar refractivity (Wildman–Crippen MR) is 112 cm³/mol. The summed E-state index contributed by atoms with van der Waals surface area (Å²) < 4.78 is 0. The van der Waals surface area contributed by atoms with Crippen LogP contribution in [0.4, 0.5) is 21.9 Å². The topological polar surface area (TPSA) is 108 Å². The molecule has 29 heavy (non-hydrogen) atoms. The van der Waals surface area contributed by atoms with Crippen LogP contribution in [0.1, 0.15) is 24.0 Å². The molecule has 1 aliphatic heterocycles. The maximum Gasteiger partial charge on any atom is 0.319 e. The van der Waals surface area contributed by atoms with Crippen molar-refractivity contribution in [2.75, 3.05) is 29.9 Å². The first-order valence-corrected chi connectivity index (χ1v) is 9.71. The molecule has 0 radical (unpaired) electrons. The second-order valence-corrected chi connectivity index (χ2v) is 7.35. The molecule has 0 atom stereocenters. The summed E-state index contributed by atoms with van der Waals surface area (Å²) in [6.45, 7) is 4.14. The van der Waals surface area contributed by atoms with Crippen LogP contribution in [0.3, 0.4) is 0 Å². The number of aliphatic hydroxyl groups excluding tert-OH is 1. The number of amides is 2. The number of nitrogens with one attached hydrogen (secondary N) is 2. The summed E-state index contributed by atoms with van der Waals surface area (Å²) in [5, 5.41) is 25.6. The smallest absolute Gasteiger partial charge is 0.319 e. The van der Waals surface area contributed by atoms with Gasteiger partial charge in [-0.2, -0.15) is 0 Å². The lowest BCUT2D eigenvalue weighted by Crippen LogP contribution is -2.34. The molecule has 0 spiro atoms. The van der Waals surface area contributed by atoms with Crippen molar-refractivity contribution in [2.24, 2.45) is 5.92 Å². The lowest BCUT2D eigenvalue weighted by molar-refractivity contribution is -0.385. The van der Waals surface area contributed by atoms with Gasteiger partial charge in [0.25, 0.3) is 5.69 Å². The summed E-state index contributed by atoms with van der Waals surface area (Å²) in [5.74, 6) is 0.406. The monoisotopic (exact) mass is 398 g/mol. The Kier molecular flexibility index (Phi) is 6.66. The number of benzene rings is 2. The van der Waals surface area contributed by atoms with Crippen molar-refractivity contribution in [2.45, 2.75) is 26.3 Å². The number of nitrogens with zero attached hydrogens (tertiary/aromatic N) is 2. The van der Waals surface area contributed by atoms with E-state index in [2.05, 4.69) is 15.5 Å². The number of nitro benzene ring substituents is 1. The average molecular weight is 398 g/mol. The first kappa shape index (κ1) is 20.6. The first-order valence-electron chi connectivity index (χ1n) is 9.71.